The Labute approximate surface area is 119 Å². The second kappa shape index (κ2) is 4.38. The summed E-state index contributed by atoms with van der Waals surface area (Å²) in [6, 6.07) is 8.18. The number of fused-ring (bicyclic) bond motifs is 3. The molecule has 0 saturated heterocycles. The highest BCUT2D eigenvalue weighted by molar-refractivity contribution is 7.11. The van der Waals surface area contributed by atoms with E-state index < -0.39 is 0 Å². The Morgan fingerprint density at radius 3 is 3.00 bits per heavy atom. The van der Waals surface area contributed by atoms with Crippen LogP contribution in [0.5, 0.6) is 0 Å². The van der Waals surface area contributed by atoms with Crippen molar-refractivity contribution in [3.8, 4) is 5.69 Å². The van der Waals surface area contributed by atoms with Crippen LogP contribution in [-0.4, -0.2) is 20.3 Å². The van der Waals surface area contributed by atoms with Gasteiger partial charge in [-0.15, -0.1) is 11.3 Å². The van der Waals surface area contributed by atoms with E-state index in [0.717, 1.165) is 16.3 Å². The zero-order valence-corrected chi connectivity index (χ0v) is 11.4. The molecule has 0 bridgehead atoms. The molecule has 4 rings (SSSR count). The smallest absolute Gasteiger partial charge is 0.175 e. The Kier molecular flexibility index (Phi) is 2.53. The van der Waals surface area contributed by atoms with E-state index in [2.05, 4.69) is 26.7 Å². The van der Waals surface area contributed by atoms with E-state index in [4.69, 9.17) is 0 Å². The molecule has 3 aromatic rings. The normalized spacial score (nSPS) is 15.9. The molecule has 1 aromatic carbocycles. The van der Waals surface area contributed by atoms with E-state index in [0.29, 0.717) is 6.42 Å². The van der Waals surface area contributed by atoms with Gasteiger partial charge in [-0.05, 0) is 11.6 Å². The van der Waals surface area contributed by atoms with Gasteiger partial charge in [-0.1, -0.05) is 18.2 Å². The number of nitrogens with zero attached hydrogens (tertiary/aromatic N) is 3. The largest absolute Gasteiger partial charge is 0.302 e. The lowest BCUT2D eigenvalue weighted by Crippen LogP contribution is -2.05. The number of carbonyl (C=O) groups is 1. The number of aromatic nitrogens is 3. The summed E-state index contributed by atoms with van der Waals surface area (Å²) in [5.41, 5.74) is 5.11. The third kappa shape index (κ3) is 1.63. The van der Waals surface area contributed by atoms with Crippen molar-refractivity contribution in [2.75, 3.05) is 0 Å². The van der Waals surface area contributed by atoms with Crippen molar-refractivity contribution in [3.05, 3.63) is 64.6 Å². The van der Waals surface area contributed by atoms with Gasteiger partial charge in [-0.3, -0.25) is 9.78 Å². The SMILES string of the molecule is O=C(CC1c2ccccc2-n2cncc21)c1cncs1. The number of rotatable bonds is 3. The summed E-state index contributed by atoms with van der Waals surface area (Å²) >= 11 is 1.40. The van der Waals surface area contributed by atoms with Crippen LogP contribution >= 0.6 is 11.3 Å². The fourth-order valence-electron chi connectivity index (χ4n) is 2.78. The van der Waals surface area contributed by atoms with Gasteiger partial charge in [0, 0.05) is 24.7 Å². The first kappa shape index (κ1) is 11.5. The summed E-state index contributed by atoms with van der Waals surface area (Å²) in [4.78, 5) is 21.2. The fourth-order valence-corrected chi connectivity index (χ4v) is 3.35. The molecule has 2 aromatic heterocycles. The summed E-state index contributed by atoms with van der Waals surface area (Å²) in [5.74, 6) is 0.227. The monoisotopic (exact) mass is 281 g/mol. The molecule has 3 heterocycles. The van der Waals surface area contributed by atoms with Gasteiger partial charge in [0.05, 0.1) is 28.1 Å². The molecule has 20 heavy (non-hydrogen) atoms. The van der Waals surface area contributed by atoms with Crippen LogP contribution in [0.2, 0.25) is 0 Å². The molecule has 0 aliphatic carbocycles. The van der Waals surface area contributed by atoms with Crippen molar-refractivity contribution in [1.82, 2.24) is 14.5 Å². The lowest BCUT2D eigenvalue weighted by molar-refractivity contribution is 0.0981. The molecule has 4 nitrogen and oxygen atoms in total. The van der Waals surface area contributed by atoms with Gasteiger partial charge < -0.3 is 4.57 Å². The predicted molar refractivity (Wildman–Crippen MR) is 76.5 cm³/mol. The van der Waals surface area contributed by atoms with Crippen LogP contribution < -0.4 is 0 Å². The molecular weight excluding hydrogens is 270 g/mol. The van der Waals surface area contributed by atoms with Gasteiger partial charge in [-0.2, -0.15) is 0 Å². The number of ketones is 1. The maximum atomic E-state index is 12.3. The zero-order valence-electron chi connectivity index (χ0n) is 10.6. The van der Waals surface area contributed by atoms with Gasteiger partial charge in [-0.25, -0.2) is 4.98 Å². The molecule has 1 unspecified atom stereocenters. The van der Waals surface area contributed by atoms with E-state index in [1.54, 1.807) is 11.7 Å². The number of para-hydroxylation sites is 1. The zero-order chi connectivity index (χ0) is 13.5. The Morgan fingerprint density at radius 2 is 2.15 bits per heavy atom. The van der Waals surface area contributed by atoms with E-state index in [-0.39, 0.29) is 11.7 Å². The maximum absolute atomic E-state index is 12.3. The van der Waals surface area contributed by atoms with E-state index in [9.17, 15) is 4.79 Å². The summed E-state index contributed by atoms with van der Waals surface area (Å²) in [7, 11) is 0. The second-order valence-electron chi connectivity index (χ2n) is 4.79. The molecule has 0 fully saturated rings. The number of imidazole rings is 1. The van der Waals surface area contributed by atoms with Gasteiger partial charge in [0.25, 0.3) is 0 Å². The Morgan fingerprint density at radius 1 is 1.25 bits per heavy atom. The lowest BCUT2D eigenvalue weighted by atomic mass is 9.92. The molecule has 0 radical (unpaired) electrons. The average molecular weight is 281 g/mol. The minimum absolute atomic E-state index is 0.0864. The van der Waals surface area contributed by atoms with E-state index in [1.165, 1.54) is 16.9 Å². The summed E-state index contributed by atoms with van der Waals surface area (Å²) < 4.78 is 2.07. The summed E-state index contributed by atoms with van der Waals surface area (Å²) in [5, 5.41) is 0. The Balaban J connectivity index is 1.74. The van der Waals surface area contributed by atoms with Crippen molar-refractivity contribution < 1.29 is 4.79 Å². The summed E-state index contributed by atoms with van der Waals surface area (Å²) in [6.07, 6.45) is 5.77. The Bertz CT molecular complexity index is 776. The minimum Gasteiger partial charge on any atom is -0.302 e. The maximum Gasteiger partial charge on any atom is 0.175 e. The molecule has 0 spiro atoms. The molecule has 0 N–H and O–H groups in total. The molecule has 0 saturated carbocycles. The van der Waals surface area contributed by atoms with Crippen LogP contribution in [0.25, 0.3) is 5.69 Å². The van der Waals surface area contributed by atoms with Gasteiger partial charge in [0.15, 0.2) is 5.78 Å². The van der Waals surface area contributed by atoms with Crippen LogP contribution in [0.3, 0.4) is 0 Å². The number of hydrogen-bond donors (Lipinski definition) is 0. The van der Waals surface area contributed by atoms with Crippen LogP contribution in [0, 0.1) is 0 Å². The molecule has 1 aliphatic heterocycles. The number of thiazole rings is 1. The molecule has 0 amide bonds. The molecule has 1 atom stereocenters. The third-order valence-electron chi connectivity index (χ3n) is 3.69. The van der Waals surface area contributed by atoms with E-state index in [1.807, 2.05) is 24.7 Å². The highest BCUT2D eigenvalue weighted by Crippen LogP contribution is 2.40. The lowest BCUT2D eigenvalue weighted by Gasteiger charge is -2.09. The Hall–Kier alpha value is -2.27. The van der Waals surface area contributed by atoms with Crippen LogP contribution in [0.15, 0.2) is 48.5 Å². The van der Waals surface area contributed by atoms with Crippen molar-refractivity contribution >= 4 is 17.1 Å². The van der Waals surface area contributed by atoms with Crippen molar-refractivity contribution in [2.24, 2.45) is 0 Å². The van der Waals surface area contributed by atoms with Crippen molar-refractivity contribution in [2.45, 2.75) is 12.3 Å². The van der Waals surface area contributed by atoms with Gasteiger partial charge >= 0.3 is 0 Å². The van der Waals surface area contributed by atoms with Crippen LogP contribution in [0.4, 0.5) is 0 Å². The fraction of sp³-hybridized carbons (Fsp3) is 0.133. The van der Waals surface area contributed by atoms with Gasteiger partial charge in [0.2, 0.25) is 0 Å². The number of hydrogen-bond acceptors (Lipinski definition) is 4. The topological polar surface area (TPSA) is 47.8 Å². The molecule has 98 valence electrons. The predicted octanol–water partition coefficient (Wildman–Crippen LogP) is 3.05. The number of benzene rings is 1. The van der Waals surface area contributed by atoms with Crippen molar-refractivity contribution in [3.63, 3.8) is 0 Å². The standard InChI is InChI=1S/C15H11N3OS/c19-14(15-7-17-9-20-15)5-11-10-3-1-2-4-12(10)18-8-16-6-13(11)18/h1-4,6-9,11H,5H2. The number of carbonyl (C=O) groups excluding carboxylic acids is 1. The quantitative estimate of drug-likeness (QED) is 0.693. The highest BCUT2D eigenvalue weighted by Gasteiger charge is 2.30. The number of Topliss-reactive ketones (excluding diaryl/α,β-unsaturated/α-hetero) is 1. The van der Waals surface area contributed by atoms with E-state index >= 15 is 0 Å². The van der Waals surface area contributed by atoms with Crippen LogP contribution in [0.1, 0.15) is 33.3 Å². The molecule has 5 heteroatoms. The van der Waals surface area contributed by atoms with Gasteiger partial charge in [0.1, 0.15) is 0 Å². The highest BCUT2D eigenvalue weighted by atomic mass is 32.1. The molecule has 1 aliphatic rings. The first-order valence-corrected chi connectivity index (χ1v) is 7.26. The van der Waals surface area contributed by atoms with Crippen LogP contribution in [-0.2, 0) is 0 Å². The second-order valence-corrected chi connectivity index (χ2v) is 5.68. The summed E-state index contributed by atoms with van der Waals surface area (Å²) in [6.45, 7) is 0. The molecular formula is C15H11N3OS. The van der Waals surface area contributed by atoms with Crippen molar-refractivity contribution in [1.29, 1.82) is 0 Å². The first-order valence-electron chi connectivity index (χ1n) is 6.38. The minimum atomic E-state index is 0.0864. The third-order valence-corrected chi connectivity index (χ3v) is 4.51. The average Bonchev–Trinajstić information content (AvgIpc) is 3.17. The first-order chi connectivity index (χ1) is 9.84.